The number of hydrogen-bond acceptors (Lipinski definition) is 7. The number of rotatable bonds is 6. The molecule has 1 amide bonds. The van der Waals surface area contributed by atoms with Gasteiger partial charge in [-0.1, -0.05) is 18.2 Å². The highest BCUT2D eigenvalue weighted by Gasteiger charge is 2.49. The second-order valence-corrected chi connectivity index (χ2v) is 8.13. The fourth-order valence-electron chi connectivity index (χ4n) is 2.78. The number of nitrogens with one attached hydrogen (secondary N) is 3. The van der Waals surface area contributed by atoms with Gasteiger partial charge in [-0.05, 0) is 25.0 Å². The van der Waals surface area contributed by atoms with Crippen molar-refractivity contribution in [3.8, 4) is 5.75 Å². The summed E-state index contributed by atoms with van der Waals surface area (Å²) in [6.45, 7) is -0.288. The van der Waals surface area contributed by atoms with E-state index in [1.807, 2.05) is 0 Å². The summed E-state index contributed by atoms with van der Waals surface area (Å²) in [5.41, 5.74) is -1.38. The molecule has 0 saturated carbocycles. The summed E-state index contributed by atoms with van der Waals surface area (Å²) >= 11 is 0. The predicted molar refractivity (Wildman–Crippen MR) is 95.5 cm³/mol. The average molecular weight is 436 g/mol. The van der Waals surface area contributed by atoms with E-state index in [2.05, 4.69) is 0 Å². The third kappa shape index (κ3) is 5.31. The molecule has 1 fully saturated rings. The Labute approximate surface area is 164 Å². The number of benzene rings is 1. The zero-order chi connectivity index (χ0) is 21.8. The number of halogens is 3. The molecule has 29 heavy (non-hydrogen) atoms. The number of hydrogen-bond donors (Lipinski definition) is 4. The SMILES string of the molecule is N=C(C(C(=N)S(=O)(=O)N1CCC(Oc2ccccc2)CC1)C(=O)NO)C(F)(F)F. The minimum Gasteiger partial charge on any atom is -0.490 e. The fourth-order valence-corrected chi connectivity index (χ4v) is 4.27. The number of para-hydroxylation sites is 1. The van der Waals surface area contributed by atoms with Crippen molar-refractivity contribution in [1.82, 2.24) is 9.79 Å². The van der Waals surface area contributed by atoms with Gasteiger partial charge in [0.05, 0.1) is 0 Å². The van der Waals surface area contributed by atoms with Crippen molar-refractivity contribution in [2.24, 2.45) is 5.92 Å². The summed E-state index contributed by atoms with van der Waals surface area (Å²) in [6.07, 6.45) is -5.25. The standard InChI is InChI=1S/C16H19F3N4O5S/c17-16(18,19)13(20)12(15(24)22-25)14(21)29(26,27)23-8-6-11(7-9-23)28-10-4-2-1-3-5-10/h1-5,11-12,20-21,25H,6-9H2,(H,22,24). The summed E-state index contributed by atoms with van der Waals surface area (Å²) < 4.78 is 70.1. The first-order valence-electron chi connectivity index (χ1n) is 8.38. The topological polar surface area (TPSA) is 144 Å². The van der Waals surface area contributed by atoms with Crippen molar-refractivity contribution in [2.45, 2.75) is 25.1 Å². The molecule has 9 nitrogen and oxygen atoms in total. The van der Waals surface area contributed by atoms with Crippen molar-refractivity contribution < 1.29 is 36.3 Å². The average Bonchev–Trinajstić information content (AvgIpc) is 2.68. The Balaban J connectivity index is 2.11. The second kappa shape index (κ2) is 8.88. The second-order valence-electron chi connectivity index (χ2n) is 6.22. The van der Waals surface area contributed by atoms with E-state index in [1.165, 1.54) is 0 Å². The van der Waals surface area contributed by atoms with E-state index >= 15 is 0 Å². The number of sulfonamides is 1. The lowest BCUT2D eigenvalue weighted by Gasteiger charge is -2.32. The minimum absolute atomic E-state index is 0.144. The Morgan fingerprint density at radius 1 is 1.21 bits per heavy atom. The summed E-state index contributed by atoms with van der Waals surface area (Å²) in [4.78, 5) is 11.6. The van der Waals surface area contributed by atoms with E-state index in [0.717, 1.165) is 9.79 Å². The molecule has 1 saturated heterocycles. The predicted octanol–water partition coefficient (Wildman–Crippen LogP) is 1.54. The number of piperidine rings is 1. The number of carbonyl (C=O) groups is 1. The first-order valence-corrected chi connectivity index (χ1v) is 9.82. The van der Waals surface area contributed by atoms with Crippen LogP contribution in [0.15, 0.2) is 30.3 Å². The maximum absolute atomic E-state index is 12.8. The molecule has 1 unspecified atom stereocenters. The highest BCUT2D eigenvalue weighted by Crippen LogP contribution is 2.26. The van der Waals surface area contributed by atoms with Crippen molar-refractivity contribution in [3.63, 3.8) is 0 Å². The molecule has 1 aromatic carbocycles. The Hall–Kier alpha value is -2.51. The first-order chi connectivity index (χ1) is 13.5. The number of alkyl halides is 3. The lowest BCUT2D eigenvalue weighted by atomic mass is 10.0. The van der Waals surface area contributed by atoms with Gasteiger partial charge >= 0.3 is 6.18 Å². The van der Waals surface area contributed by atoms with Crippen LogP contribution in [0.3, 0.4) is 0 Å². The number of ether oxygens (including phenoxy) is 1. The van der Waals surface area contributed by atoms with Gasteiger partial charge in [-0.3, -0.25) is 20.8 Å². The lowest BCUT2D eigenvalue weighted by Crippen LogP contribution is -2.51. The summed E-state index contributed by atoms with van der Waals surface area (Å²) in [5, 5.41) is 21.8. The Bertz CT molecular complexity index is 868. The molecule has 1 atom stereocenters. The van der Waals surface area contributed by atoms with Gasteiger partial charge in [0.1, 0.15) is 23.5 Å². The third-order valence-corrected chi connectivity index (χ3v) is 6.13. The van der Waals surface area contributed by atoms with Crippen LogP contribution in [0.5, 0.6) is 5.75 Å². The van der Waals surface area contributed by atoms with Crippen molar-refractivity contribution >= 4 is 26.7 Å². The van der Waals surface area contributed by atoms with Crippen LogP contribution in [0.25, 0.3) is 0 Å². The van der Waals surface area contributed by atoms with Crippen molar-refractivity contribution in [2.75, 3.05) is 13.1 Å². The van der Waals surface area contributed by atoms with Crippen LogP contribution >= 0.6 is 0 Å². The maximum atomic E-state index is 12.8. The Kier molecular flexibility index (Phi) is 6.97. The number of carbonyl (C=O) groups excluding carboxylic acids is 1. The summed E-state index contributed by atoms with van der Waals surface area (Å²) in [5.74, 6) is -4.06. The van der Waals surface area contributed by atoms with Gasteiger partial charge in [-0.2, -0.15) is 17.5 Å². The van der Waals surface area contributed by atoms with Gasteiger partial charge in [0.25, 0.3) is 15.9 Å². The highest BCUT2D eigenvalue weighted by atomic mass is 32.2. The highest BCUT2D eigenvalue weighted by molar-refractivity contribution is 8.04. The Morgan fingerprint density at radius 3 is 2.24 bits per heavy atom. The van der Waals surface area contributed by atoms with Crippen LogP contribution in [0, 0.1) is 16.7 Å². The summed E-state index contributed by atoms with van der Waals surface area (Å²) in [7, 11) is -4.77. The van der Waals surface area contributed by atoms with E-state index in [4.69, 9.17) is 20.8 Å². The number of nitrogens with zero attached hydrogens (tertiary/aromatic N) is 1. The van der Waals surface area contributed by atoms with E-state index in [1.54, 1.807) is 30.3 Å². The molecule has 0 bridgehead atoms. The molecule has 1 heterocycles. The molecule has 0 aromatic heterocycles. The zero-order valence-electron chi connectivity index (χ0n) is 14.9. The largest absolute Gasteiger partial charge is 0.490 e. The quantitative estimate of drug-likeness (QED) is 0.231. The van der Waals surface area contributed by atoms with Crippen LogP contribution in [-0.4, -0.2) is 60.0 Å². The van der Waals surface area contributed by atoms with E-state index in [9.17, 15) is 26.4 Å². The van der Waals surface area contributed by atoms with Crippen molar-refractivity contribution in [1.29, 1.82) is 10.8 Å². The van der Waals surface area contributed by atoms with Crippen molar-refractivity contribution in [3.05, 3.63) is 30.3 Å². The molecule has 13 heteroatoms. The molecule has 0 aliphatic carbocycles. The zero-order valence-corrected chi connectivity index (χ0v) is 15.8. The molecule has 1 aliphatic rings. The molecule has 1 aliphatic heterocycles. The van der Waals surface area contributed by atoms with E-state index in [0.29, 0.717) is 5.75 Å². The maximum Gasteiger partial charge on any atom is 0.430 e. The summed E-state index contributed by atoms with van der Waals surface area (Å²) in [6, 6.07) is 8.76. The van der Waals surface area contributed by atoms with Gasteiger partial charge in [0.15, 0.2) is 5.04 Å². The van der Waals surface area contributed by atoms with E-state index < -0.39 is 38.8 Å². The lowest BCUT2D eigenvalue weighted by molar-refractivity contribution is -0.130. The van der Waals surface area contributed by atoms with E-state index in [-0.39, 0.29) is 32.0 Å². The molecule has 0 spiro atoms. The molecule has 0 radical (unpaired) electrons. The van der Waals surface area contributed by atoms with Gasteiger partial charge < -0.3 is 4.74 Å². The van der Waals surface area contributed by atoms with Gasteiger partial charge in [-0.15, -0.1) is 0 Å². The molecule has 160 valence electrons. The minimum atomic E-state index is -5.35. The Morgan fingerprint density at radius 2 is 1.76 bits per heavy atom. The van der Waals surface area contributed by atoms with Crippen LogP contribution in [-0.2, 0) is 14.8 Å². The van der Waals surface area contributed by atoms with Gasteiger partial charge in [0, 0.05) is 13.1 Å². The third-order valence-electron chi connectivity index (χ3n) is 4.29. The molecule has 2 rings (SSSR count). The molecule has 1 aromatic rings. The monoisotopic (exact) mass is 436 g/mol. The number of amides is 1. The first kappa shape index (κ1) is 22.8. The van der Waals surface area contributed by atoms with Gasteiger partial charge in [0.2, 0.25) is 0 Å². The molecule has 4 N–H and O–H groups in total. The van der Waals surface area contributed by atoms with Crippen LogP contribution in [0.1, 0.15) is 12.8 Å². The van der Waals surface area contributed by atoms with Crippen LogP contribution in [0.4, 0.5) is 13.2 Å². The molecular weight excluding hydrogens is 417 g/mol. The fraction of sp³-hybridized carbons (Fsp3) is 0.438. The smallest absolute Gasteiger partial charge is 0.430 e. The van der Waals surface area contributed by atoms with Crippen LogP contribution < -0.4 is 10.2 Å². The van der Waals surface area contributed by atoms with Gasteiger partial charge in [-0.25, -0.2) is 13.9 Å². The van der Waals surface area contributed by atoms with Crippen LogP contribution in [0.2, 0.25) is 0 Å². The number of hydroxylamine groups is 1. The normalized spacial score (nSPS) is 17.4. The molecular formula is C16H19F3N4O5S.